The fourth-order valence-electron chi connectivity index (χ4n) is 5.84. The first-order valence-electron chi connectivity index (χ1n) is 12.7. The number of para-hydroxylation sites is 1. The van der Waals surface area contributed by atoms with Crippen LogP contribution in [0.2, 0.25) is 0 Å². The van der Waals surface area contributed by atoms with Gasteiger partial charge in [0.05, 0.1) is 54.6 Å². The second-order valence-corrected chi connectivity index (χ2v) is 11.8. The molecule has 190 valence electrons. The molecular weight excluding hydrogens is 506 g/mol. The number of nitriles is 2. The van der Waals surface area contributed by atoms with Crippen molar-refractivity contribution in [2.75, 3.05) is 4.90 Å². The predicted molar refractivity (Wildman–Crippen MR) is 149 cm³/mol. The molecule has 2 aliphatic rings. The van der Waals surface area contributed by atoms with Crippen LogP contribution in [0.1, 0.15) is 82.5 Å². The molecule has 2 aliphatic heterocycles. The van der Waals surface area contributed by atoms with Gasteiger partial charge in [-0.25, -0.2) is 9.11 Å². The maximum absolute atomic E-state index is 14.3. The van der Waals surface area contributed by atoms with Gasteiger partial charge in [0.15, 0.2) is 0 Å². The standard InChI is InChI=1S/C32H23N3O3S/c1-16(2)20-9-7-10-21(17(3)4)29(20)35-31(36)23-12-18(14-33)26-22-8-5-6-11-25(22)39(38)30-19(15-34)13-24(32(35)37)27(23)28(26)30/h5-13,16-17H,1-4H3. The highest BCUT2D eigenvalue weighted by Crippen LogP contribution is 2.49. The Hall–Kier alpha value is -4.59. The maximum atomic E-state index is 14.3. The Labute approximate surface area is 228 Å². The monoisotopic (exact) mass is 529 g/mol. The highest BCUT2D eigenvalue weighted by Gasteiger charge is 2.41. The smallest absolute Gasteiger partial charge is 0.266 e. The Kier molecular flexibility index (Phi) is 5.53. The number of imide groups is 1. The minimum atomic E-state index is -1.73. The third-order valence-electron chi connectivity index (χ3n) is 7.57. The summed E-state index contributed by atoms with van der Waals surface area (Å²) in [6.07, 6.45) is 0. The van der Waals surface area contributed by atoms with Gasteiger partial charge >= 0.3 is 0 Å². The topological polar surface area (TPSA) is 102 Å². The molecule has 4 aromatic rings. The van der Waals surface area contributed by atoms with Crippen molar-refractivity contribution in [2.45, 2.75) is 49.3 Å². The average Bonchev–Trinajstić information content (AvgIpc) is 2.93. The second kappa shape index (κ2) is 8.73. The summed E-state index contributed by atoms with van der Waals surface area (Å²) >= 11 is 0. The van der Waals surface area contributed by atoms with Gasteiger partial charge in [0.2, 0.25) is 0 Å². The van der Waals surface area contributed by atoms with E-state index in [-0.39, 0.29) is 39.0 Å². The molecule has 0 aliphatic carbocycles. The summed E-state index contributed by atoms with van der Waals surface area (Å²) in [7, 11) is -1.73. The third kappa shape index (κ3) is 3.27. The molecule has 0 spiro atoms. The first kappa shape index (κ1) is 24.7. The van der Waals surface area contributed by atoms with Gasteiger partial charge in [-0.3, -0.25) is 9.59 Å². The van der Waals surface area contributed by atoms with Gasteiger partial charge in [-0.15, -0.1) is 0 Å². The molecule has 7 heteroatoms. The quantitative estimate of drug-likeness (QED) is 0.240. The molecule has 1 unspecified atom stereocenters. The first-order chi connectivity index (χ1) is 18.7. The van der Waals surface area contributed by atoms with E-state index >= 15 is 0 Å². The van der Waals surface area contributed by atoms with Crippen molar-refractivity contribution in [3.63, 3.8) is 0 Å². The summed E-state index contributed by atoms with van der Waals surface area (Å²) in [6.45, 7) is 8.04. The van der Waals surface area contributed by atoms with E-state index in [4.69, 9.17) is 0 Å². The predicted octanol–water partition coefficient (Wildman–Crippen LogP) is 6.78. The molecule has 6 nitrogen and oxygen atoms in total. The minimum absolute atomic E-state index is 0.0272. The molecule has 39 heavy (non-hydrogen) atoms. The molecule has 0 radical (unpaired) electrons. The molecular formula is C32H23N3O3S. The summed E-state index contributed by atoms with van der Waals surface area (Å²) in [6, 6.07) is 20.2. The summed E-state index contributed by atoms with van der Waals surface area (Å²) < 4.78 is 13.8. The minimum Gasteiger partial charge on any atom is -0.268 e. The van der Waals surface area contributed by atoms with Crippen molar-refractivity contribution in [2.24, 2.45) is 0 Å². The van der Waals surface area contributed by atoms with Crippen LogP contribution in [-0.4, -0.2) is 16.0 Å². The number of carbonyl (C=O) groups excluding carboxylic acids is 2. The van der Waals surface area contributed by atoms with Gasteiger partial charge in [-0.05, 0) is 41.2 Å². The van der Waals surface area contributed by atoms with Crippen LogP contribution in [0.25, 0.3) is 21.9 Å². The molecule has 0 fully saturated rings. The Morgan fingerprint density at radius 2 is 1.31 bits per heavy atom. The molecule has 0 bridgehead atoms. The van der Waals surface area contributed by atoms with Crippen LogP contribution in [0, 0.1) is 22.7 Å². The van der Waals surface area contributed by atoms with Crippen molar-refractivity contribution in [3.8, 4) is 23.3 Å². The number of benzene rings is 4. The average molecular weight is 530 g/mol. The van der Waals surface area contributed by atoms with Gasteiger partial charge in [-0.2, -0.15) is 10.5 Å². The van der Waals surface area contributed by atoms with Crippen molar-refractivity contribution < 1.29 is 13.8 Å². The largest absolute Gasteiger partial charge is 0.268 e. The van der Waals surface area contributed by atoms with Crippen LogP contribution < -0.4 is 4.90 Å². The van der Waals surface area contributed by atoms with E-state index in [1.807, 2.05) is 45.9 Å². The Bertz CT molecular complexity index is 1860. The molecule has 0 saturated heterocycles. The van der Waals surface area contributed by atoms with Crippen molar-refractivity contribution in [3.05, 3.63) is 88.0 Å². The molecule has 0 aromatic heterocycles. The number of rotatable bonds is 3. The Morgan fingerprint density at radius 1 is 0.744 bits per heavy atom. The number of amides is 2. The summed E-state index contributed by atoms with van der Waals surface area (Å²) in [5, 5.41) is 21.1. The molecule has 2 amide bonds. The van der Waals surface area contributed by atoms with Crippen LogP contribution in [-0.2, 0) is 10.8 Å². The molecule has 1 atom stereocenters. The van der Waals surface area contributed by atoms with E-state index in [2.05, 4.69) is 12.1 Å². The lowest BCUT2D eigenvalue weighted by molar-refractivity contribution is 0.0892. The number of carbonyl (C=O) groups is 2. The van der Waals surface area contributed by atoms with Gasteiger partial charge in [-0.1, -0.05) is 64.1 Å². The fraction of sp³-hybridized carbons (Fsp3) is 0.188. The van der Waals surface area contributed by atoms with E-state index in [1.165, 1.54) is 17.0 Å². The highest BCUT2D eigenvalue weighted by molar-refractivity contribution is 7.85. The zero-order valence-corrected chi connectivity index (χ0v) is 22.6. The Balaban J connectivity index is 1.77. The number of hydrogen-bond donors (Lipinski definition) is 0. The molecule has 4 aromatic carbocycles. The van der Waals surface area contributed by atoms with Crippen LogP contribution in [0.15, 0.2) is 64.4 Å². The van der Waals surface area contributed by atoms with Gasteiger partial charge in [0.25, 0.3) is 11.8 Å². The lowest BCUT2D eigenvalue weighted by atomic mass is 9.83. The van der Waals surface area contributed by atoms with Crippen LogP contribution in [0.3, 0.4) is 0 Å². The lowest BCUT2D eigenvalue weighted by Crippen LogP contribution is -2.42. The maximum Gasteiger partial charge on any atom is 0.266 e. The summed E-state index contributed by atoms with van der Waals surface area (Å²) in [4.78, 5) is 30.5. The number of fused-ring (bicyclic) bond motifs is 2. The summed E-state index contributed by atoms with van der Waals surface area (Å²) in [5.74, 6) is -1.02. The first-order valence-corrected chi connectivity index (χ1v) is 13.9. The Morgan fingerprint density at radius 3 is 1.87 bits per heavy atom. The third-order valence-corrected chi connectivity index (χ3v) is 9.12. The normalized spacial score (nSPS) is 15.5. The van der Waals surface area contributed by atoms with E-state index in [9.17, 15) is 24.3 Å². The zero-order chi connectivity index (χ0) is 27.7. The van der Waals surface area contributed by atoms with Crippen molar-refractivity contribution in [1.29, 1.82) is 10.5 Å². The summed E-state index contributed by atoms with van der Waals surface area (Å²) in [5.41, 5.74) is 4.06. The molecule has 6 rings (SSSR count). The molecule has 0 N–H and O–H groups in total. The van der Waals surface area contributed by atoms with Crippen LogP contribution in [0.5, 0.6) is 0 Å². The molecule has 2 heterocycles. The number of hydrogen-bond acceptors (Lipinski definition) is 5. The molecule has 0 saturated carbocycles. The number of anilines is 1. The van der Waals surface area contributed by atoms with E-state index in [1.54, 1.807) is 24.3 Å². The van der Waals surface area contributed by atoms with Crippen molar-refractivity contribution >= 4 is 39.1 Å². The van der Waals surface area contributed by atoms with Crippen molar-refractivity contribution in [1.82, 2.24) is 0 Å². The number of nitrogens with zero attached hydrogens (tertiary/aromatic N) is 3. The van der Waals surface area contributed by atoms with Crippen LogP contribution in [0.4, 0.5) is 5.69 Å². The lowest BCUT2D eigenvalue weighted by Gasteiger charge is -2.34. The highest BCUT2D eigenvalue weighted by atomic mass is 32.2. The second-order valence-electron chi connectivity index (χ2n) is 10.4. The van der Waals surface area contributed by atoms with Crippen LogP contribution >= 0.6 is 0 Å². The van der Waals surface area contributed by atoms with Gasteiger partial charge < -0.3 is 0 Å². The van der Waals surface area contributed by atoms with Gasteiger partial charge in [0.1, 0.15) is 6.07 Å². The van der Waals surface area contributed by atoms with E-state index < -0.39 is 22.6 Å². The zero-order valence-electron chi connectivity index (χ0n) is 21.8. The van der Waals surface area contributed by atoms with E-state index in [0.717, 1.165) is 11.1 Å². The SMILES string of the molecule is CC(C)c1cccc(C(C)C)c1N1C(=O)c2cc(C#N)c3c4c(c(C#N)cc(c24)C1=O)S(=O)c1ccccc1-3. The fourth-order valence-corrected chi connectivity index (χ4v) is 7.32. The van der Waals surface area contributed by atoms with E-state index in [0.29, 0.717) is 32.5 Å². The van der Waals surface area contributed by atoms with Gasteiger partial charge in [0, 0.05) is 21.9 Å².